The second kappa shape index (κ2) is 6.16. The minimum absolute atomic E-state index is 0.0611. The predicted molar refractivity (Wildman–Crippen MR) is 71.8 cm³/mol. The minimum atomic E-state index is -3.88. The molecule has 0 saturated carbocycles. The summed E-state index contributed by atoms with van der Waals surface area (Å²) in [7, 11) is -3.88. The zero-order chi connectivity index (χ0) is 14.6. The number of hydrogen-bond donors (Lipinski definition) is 2. The zero-order valence-electron chi connectivity index (χ0n) is 11.3. The molecule has 19 heavy (non-hydrogen) atoms. The molecule has 1 rings (SSSR count). The molecule has 1 aromatic rings. The van der Waals surface area contributed by atoms with Crippen LogP contribution >= 0.6 is 0 Å². The molecule has 0 unspecified atom stereocenters. The van der Waals surface area contributed by atoms with Crippen molar-refractivity contribution in [1.82, 2.24) is 14.3 Å². The molecule has 0 bridgehead atoms. The molecular formula is C11H19N3O4S. The number of nitrogens with one attached hydrogen (secondary N) is 2. The van der Waals surface area contributed by atoms with Gasteiger partial charge in [-0.15, -0.1) is 0 Å². The summed E-state index contributed by atoms with van der Waals surface area (Å²) in [5.74, 6) is 0. The molecule has 0 spiro atoms. The Morgan fingerprint density at radius 2 is 1.58 bits per heavy atom. The van der Waals surface area contributed by atoms with E-state index in [0.717, 1.165) is 0 Å². The van der Waals surface area contributed by atoms with Crippen molar-refractivity contribution in [3.05, 3.63) is 26.5 Å². The average molecular weight is 289 g/mol. The summed E-state index contributed by atoms with van der Waals surface area (Å²) in [5, 5.41) is 0. The smallest absolute Gasteiger partial charge is 0.310 e. The topological polar surface area (TPSA) is 103 Å². The van der Waals surface area contributed by atoms with Crippen LogP contribution in [-0.4, -0.2) is 35.8 Å². The van der Waals surface area contributed by atoms with Crippen LogP contribution < -0.4 is 11.2 Å². The summed E-state index contributed by atoms with van der Waals surface area (Å²) >= 11 is 0. The highest BCUT2D eigenvalue weighted by atomic mass is 32.2. The number of nitrogens with zero attached hydrogens (tertiary/aromatic N) is 1. The van der Waals surface area contributed by atoms with Crippen LogP contribution in [-0.2, 0) is 10.0 Å². The summed E-state index contributed by atoms with van der Waals surface area (Å²) in [6, 6.07) is 0. The SMILES string of the molecule is CCCN(CCC)S(=O)(=O)c1c(C)[nH]c(=O)[nH]c1=O. The number of sulfonamides is 1. The number of rotatable bonds is 6. The van der Waals surface area contributed by atoms with E-state index in [1.165, 1.54) is 11.2 Å². The van der Waals surface area contributed by atoms with E-state index in [-0.39, 0.29) is 10.6 Å². The normalized spacial score (nSPS) is 12.0. The first-order chi connectivity index (χ1) is 8.84. The average Bonchev–Trinajstić information content (AvgIpc) is 2.26. The largest absolute Gasteiger partial charge is 0.325 e. The van der Waals surface area contributed by atoms with Gasteiger partial charge in [0.1, 0.15) is 0 Å². The van der Waals surface area contributed by atoms with Crippen molar-refractivity contribution in [1.29, 1.82) is 0 Å². The van der Waals surface area contributed by atoms with Gasteiger partial charge in [-0.25, -0.2) is 13.2 Å². The number of aromatic amines is 2. The van der Waals surface area contributed by atoms with Gasteiger partial charge in [0.15, 0.2) is 4.90 Å². The third-order valence-corrected chi connectivity index (χ3v) is 4.67. The maximum Gasteiger partial charge on any atom is 0.325 e. The summed E-state index contributed by atoms with van der Waals surface area (Å²) in [6.45, 7) is 5.81. The molecule has 0 aliphatic carbocycles. The van der Waals surface area contributed by atoms with E-state index in [1.807, 2.05) is 18.8 Å². The van der Waals surface area contributed by atoms with E-state index >= 15 is 0 Å². The second-order valence-corrected chi connectivity index (χ2v) is 6.14. The van der Waals surface area contributed by atoms with E-state index in [4.69, 9.17) is 0 Å². The van der Waals surface area contributed by atoms with Crippen LogP contribution in [0, 0.1) is 6.92 Å². The fraction of sp³-hybridized carbons (Fsp3) is 0.636. The van der Waals surface area contributed by atoms with Crippen molar-refractivity contribution >= 4 is 10.0 Å². The Morgan fingerprint density at radius 1 is 1.05 bits per heavy atom. The molecule has 0 fully saturated rings. The van der Waals surface area contributed by atoms with Crippen LogP contribution in [0.4, 0.5) is 0 Å². The number of hydrogen-bond acceptors (Lipinski definition) is 4. The number of aromatic nitrogens is 2. The molecule has 0 radical (unpaired) electrons. The maximum absolute atomic E-state index is 12.4. The van der Waals surface area contributed by atoms with Crippen molar-refractivity contribution in [2.24, 2.45) is 0 Å². The van der Waals surface area contributed by atoms with E-state index in [1.54, 1.807) is 0 Å². The van der Waals surface area contributed by atoms with Gasteiger partial charge in [0.05, 0.1) is 0 Å². The lowest BCUT2D eigenvalue weighted by Crippen LogP contribution is -2.38. The summed E-state index contributed by atoms with van der Waals surface area (Å²) in [6.07, 6.45) is 1.30. The molecule has 8 heteroatoms. The Hall–Kier alpha value is -1.41. The molecule has 0 aliphatic heterocycles. The third kappa shape index (κ3) is 3.32. The summed E-state index contributed by atoms with van der Waals surface area (Å²) < 4.78 is 26.2. The fourth-order valence-electron chi connectivity index (χ4n) is 1.88. The molecule has 0 aromatic carbocycles. The molecule has 2 N–H and O–H groups in total. The van der Waals surface area contributed by atoms with Crippen molar-refractivity contribution in [2.45, 2.75) is 38.5 Å². The van der Waals surface area contributed by atoms with E-state index in [9.17, 15) is 18.0 Å². The Kier molecular flexibility index (Phi) is 5.07. The van der Waals surface area contributed by atoms with Crippen LogP contribution in [0.25, 0.3) is 0 Å². The minimum Gasteiger partial charge on any atom is -0.310 e. The molecule has 1 aromatic heterocycles. The lowest BCUT2D eigenvalue weighted by molar-refractivity contribution is 0.408. The van der Waals surface area contributed by atoms with Crippen molar-refractivity contribution in [3.8, 4) is 0 Å². The second-order valence-electron chi connectivity index (χ2n) is 4.27. The molecule has 108 valence electrons. The van der Waals surface area contributed by atoms with Gasteiger partial charge in [0.2, 0.25) is 10.0 Å². The van der Waals surface area contributed by atoms with Gasteiger partial charge in [0, 0.05) is 18.8 Å². The monoisotopic (exact) mass is 289 g/mol. The van der Waals surface area contributed by atoms with Gasteiger partial charge in [-0.05, 0) is 19.8 Å². The van der Waals surface area contributed by atoms with Gasteiger partial charge in [0.25, 0.3) is 5.56 Å². The predicted octanol–water partition coefficient (Wildman–Crippen LogP) is 0.182. The lowest BCUT2D eigenvalue weighted by Gasteiger charge is -2.21. The molecule has 0 aliphatic rings. The van der Waals surface area contributed by atoms with Gasteiger partial charge in [-0.1, -0.05) is 13.8 Å². The molecule has 1 heterocycles. The quantitative estimate of drug-likeness (QED) is 0.779. The van der Waals surface area contributed by atoms with Gasteiger partial charge in [-0.3, -0.25) is 9.78 Å². The highest BCUT2D eigenvalue weighted by Gasteiger charge is 2.28. The number of aryl methyl sites for hydroxylation is 1. The molecular weight excluding hydrogens is 270 g/mol. The van der Waals surface area contributed by atoms with Crippen molar-refractivity contribution in [3.63, 3.8) is 0 Å². The highest BCUT2D eigenvalue weighted by molar-refractivity contribution is 7.89. The Balaban J connectivity index is 3.41. The zero-order valence-corrected chi connectivity index (χ0v) is 12.1. The van der Waals surface area contributed by atoms with Crippen LogP contribution in [0.1, 0.15) is 32.4 Å². The van der Waals surface area contributed by atoms with Crippen LogP contribution in [0.2, 0.25) is 0 Å². The van der Waals surface area contributed by atoms with Gasteiger partial charge < -0.3 is 4.98 Å². The first kappa shape index (κ1) is 15.6. The molecule has 7 nitrogen and oxygen atoms in total. The third-order valence-electron chi connectivity index (χ3n) is 2.62. The van der Waals surface area contributed by atoms with Crippen LogP contribution in [0.3, 0.4) is 0 Å². The maximum atomic E-state index is 12.4. The fourth-order valence-corrected chi connectivity index (χ4v) is 3.71. The highest BCUT2D eigenvalue weighted by Crippen LogP contribution is 2.14. The first-order valence-electron chi connectivity index (χ1n) is 6.17. The van der Waals surface area contributed by atoms with Gasteiger partial charge >= 0.3 is 5.69 Å². The number of H-pyrrole nitrogens is 2. The standard InChI is InChI=1S/C11H19N3O4S/c1-4-6-14(7-5-2)19(17,18)9-8(3)12-11(16)13-10(9)15/h4-7H2,1-3H3,(H2,12,13,15,16). The van der Waals surface area contributed by atoms with Crippen molar-refractivity contribution < 1.29 is 8.42 Å². The summed E-state index contributed by atoms with van der Waals surface area (Å²) in [4.78, 5) is 26.7. The van der Waals surface area contributed by atoms with E-state index in [0.29, 0.717) is 25.9 Å². The van der Waals surface area contributed by atoms with E-state index in [2.05, 4.69) is 4.98 Å². The van der Waals surface area contributed by atoms with E-state index < -0.39 is 21.3 Å². The molecule has 0 atom stereocenters. The molecule has 0 amide bonds. The Morgan fingerprint density at radius 3 is 2.00 bits per heavy atom. The summed E-state index contributed by atoms with van der Waals surface area (Å²) in [5.41, 5.74) is -1.52. The van der Waals surface area contributed by atoms with Crippen LogP contribution in [0.15, 0.2) is 14.5 Å². The van der Waals surface area contributed by atoms with Gasteiger partial charge in [-0.2, -0.15) is 4.31 Å². The van der Waals surface area contributed by atoms with Crippen molar-refractivity contribution in [2.75, 3.05) is 13.1 Å². The lowest BCUT2D eigenvalue weighted by atomic mass is 10.4. The first-order valence-corrected chi connectivity index (χ1v) is 7.62. The van der Waals surface area contributed by atoms with Crippen LogP contribution in [0.5, 0.6) is 0 Å². The Bertz CT molecular complexity index is 639. The Labute approximate surface area is 111 Å². The molecule has 0 saturated heterocycles.